The normalized spacial score (nSPS) is 14.5. The zero-order chi connectivity index (χ0) is 19.5. The molecule has 1 saturated heterocycles. The second-order valence-corrected chi connectivity index (χ2v) is 7.04. The second-order valence-electron chi connectivity index (χ2n) is 7.04. The molecule has 1 aliphatic rings. The Morgan fingerprint density at radius 1 is 1.25 bits per heavy atom. The van der Waals surface area contributed by atoms with Crippen LogP contribution in [0.25, 0.3) is 5.69 Å². The number of nitrogens with zero attached hydrogens (tertiary/aromatic N) is 5. The molecule has 0 atom stereocenters. The average Bonchev–Trinajstić information content (AvgIpc) is 3.43. The molecule has 28 heavy (non-hydrogen) atoms. The lowest BCUT2D eigenvalue weighted by Gasteiger charge is -2.13. The van der Waals surface area contributed by atoms with Crippen molar-refractivity contribution >= 4 is 11.6 Å². The van der Waals surface area contributed by atoms with E-state index >= 15 is 0 Å². The predicted molar refractivity (Wildman–Crippen MR) is 104 cm³/mol. The highest BCUT2D eigenvalue weighted by molar-refractivity contribution is 6.02. The van der Waals surface area contributed by atoms with Gasteiger partial charge >= 0.3 is 0 Å². The standard InChI is InChI=1S/C20H24N6O2/c1-3-18-15(13-25-9-4-5-10-25)11-19(28-18)20(27)21-16-7-6-8-17(12-16)26-14(2)22-23-24-26/h6-8,11-12H,3-5,9-10,13H2,1-2H3,(H,21,27). The summed E-state index contributed by atoms with van der Waals surface area (Å²) >= 11 is 0. The minimum absolute atomic E-state index is 0.257. The monoisotopic (exact) mass is 380 g/mol. The van der Waals surface area contributed by atoms with Crippen LogP contribution in [0.15, 0.2) is 34.7 Å². The maximum absolute atomic E-state index is 12.7. The SMILES string of the molecule is CCc1oc(C(=O)Nc2cccc(-n3nnnc3C)c2)cc1CN1CCCC1. The summed E-state index contributed by atoms with van der Waals surface area (Å²) in [5.41, 5.74) is 2.55. The quantitative estimate of drug-likeness (QED) is 0.707. The summed E-state index contributed by atoms with van der Waals surface area (Å²) in [6, 6.07) is 9.27. The summed E-state index contributed by atoms with van der Waals surface area (Å²) in [6.07, 6.45) is 3.25. The first-order chi connectivity index (χ1) is 13.6. The van der Waals surface area contributed by atoms with Crippen LogP contribution in [0, 0.1) is 6.92 Å². The number of hydrogen-bond donors (Lipinski definition) is 1. The molecule has 0 aliphatic carbocycles. The van der Waals surface area contributed by atoms with Crippen LogP contribution in [-0.4, -0.2) is 44.1 Å². The van der Waals surface area contributed by atoms with Crippen LogP contribution in [0.5, 0.6) is 0 Å². The van der Waals surface area contributed by atoms with E-state index in [0.717, 1.165) is 43.1 Å². The van der Waals surface area contributed by atoms with Crippen LogP contribution in [0.3, 0.4) is 0 Å². The molecule has 1 aromatic carbocycles. The first-order valence-electron chi connectivity index (χ1n) is 9.64. The lowest BCUT2D eigenvalue weighted by atomic mass is 10.2. The van der Waals surface area contributed by atoms with Gasteiger partial charge in [0.1, 0.15) is 5.76 Å². The highest BCUT2D eigenvalue weighted by Gasteiger charge is 2.20. The first-order valence-corrected chi connectivity index (χ1v) is 9.64. The van der Waals surface area contributed by atoms with E-state index in [0.29, 0.717) is 17.3 Å². The minimum Gasteiger partial charge on any atom is -0.456 e. The fraction of sp³-hybridized carbons (Fsp3) is 0.400. The summed E-state index contributed by atoms with van der Waals surface area (Å²) in [4.78, 5) is 15.1. The molecule has 3 heterocycles. The van der Waals surface area contributed by atoms with Gasteiger partial charge in [-0.1, -0.05) is 13.0 Å². The summed E-state index contributed by atoms with van der Waals surface area (Å²) in [5, 5.41) is 14.4. The van der Waals surface area contributed by atoms with Gasteiger partial charge in [0.15, 0.2) is 11.6 Å². The number of anilines is 1. The van der Waals surface area contributed by atoms with E-state index in [9.17, 15) is 4.79 Å². The topological polar surface area (TPSA) is 89.1 Å². The summed E-state index contributed by atoms with van der Waals surface area (Å²) < 4.78 is 7.47. The average molecular weight is 380 g/mol. The van der Waals surface area contributed by atoms with Crippen molar-refractivity contribution in [2.45, 2.75) is 39.7 Å². The summed E-state index contributed by atoms with van der Waals surface area (Å²) in [5.74, 6) is 1.65. The van der Waals surface area contributed by atoms with E-state index in [1.165, 1.54) is 12.8 Å². The van der Waals surface area contributed by atoms with Crippen molar-refractivity contribution in [3.8, 4) is 5.69 Å². The molecule has 4 rings (SSSR count). The Bertz CT molecular complexity index is 971. The summed E-state index contributed by atoms with van der Waals surface area (Å²) in [6.45, 7) is 6.93. The van der Waals surface area contributed by atoms with Gasteiger partial charge in [-0.3, -0.25) is 9.69 Å². The Balaban J connectivity index is 1.51. The largest absolute Gasteiger partial charge is 0.456 e. The number of nitrogens with one attached hydrogen (secondary N) is 1. The van der Waals surface area contributed by atoms with Gasteiger partial charge in [-0.15, -0.1) is 5.10 Å². The van der Waals surface area contributed by atoms with Crippen molar-refractivity contribution in [2.75, 3.05) is 18.4 Å². The molecule has 0 unspecified atom stereocenters. The highest BCUT2D eigenvalue weighted by atomic mass is 16.4. The van der Waals surface area contributed by atoms with Crippen molar-refractivity contribution in [3.05, 3.63) is 53.2 Å². The maximum atomic E-state index is 12.7. The number of likely N-dealkylation sites (tertiary alicyclic amines) is 1. The van der Waals surface area contributed by atoms with Gasteiger partial charge in [-0.05, 0) is 67.5 Å². The van der Waals surface area contributed by atoms with Crippen LogP contribution in [0.2, 0.25) is 0 Å². The number of aryl methyl sites for hydroxylation is 2. The van der Waals surface area contributed by atoms with Gasteiger partial charge in [-0.25, -0.2) is 0 Å². The van der Waals surface area contributed by atoms with E-state index in [1.807, 2.05) is 44.2 Å². The third-order valence-electron chi connectivity index (χ3n) is 5.01. The van der Waals surface area contributed by atoms with Crippen molar-refractivity contribution < 1.29 is 9.21 Å². The predicted octanol–water partition coefficient (Wildman–Crippen LogP) is 2.97. The van der Waals surface area contributed by atoms with Gasteiger partial charge < -0.3 is 9.73 Å². The molecule has 0 saturated carbocycles. The van der Waals surface area contributed by atoms with E-state index in [2.05, 4.69) is 25.7 Å². The number of furan rings is 1. The van der Waals surface area contributed by atoms with Crippen molar-refractivity contribution in [3.63, 3.8) is 0 Å². The lowest BCUT2D eigenvalue weighted by molar-refractivity contribution is 0.0995. The van der Waals surface area contributed by atoms with Crippen molar-refractivity contribution in [1.82, 2.24) is 25.1 Å². The fourth-order valence-corrected chi connectivity index (χ4v) is 3.57. The van der Waals surface area contributed by atoms with Crippen LogP contribution in [-0.2, 0) is 13.0 Å². The minimum atomic E-state index is -0.257. The van der Waals surface area contributed by atoms with E-state index in [-0.39, 0.29) is 5.91 Å². The Hall–Kier alpha value is -3.00. The van der Waals surface area contributed by atoms with Crippen LogP contribution in [0.4, 0.5) is 5.69 Å². The molecule has 1 amide bonds. The van der Waals surface area contributed by atoms with E-state index < -0.39 is 0 Å². The number of carbonyl (C=O) groups is 1. The van der Waals surface area contributed by atoms with Crippen LogP contribution < -0.4 is 5.32 Å². The van der Waals surface area contributed by atoms with Gasteiger partial charge in [0.25, 0.3) is 5.91 Å². The first kappa shape index (κ1) is 18.4. The number of carbonyl (C=O) groups excluding carboxylic acids is 1. The fourth-order valence-electron chi connectivity index (χ4n) is 3.57. The Morgan fingerprint density at radius 3 is 2.79 bits per heavy atom. The van der Waals surface area contributed by atoms with E-state index in [4.69, 9.17) is 4.42 Å². The Labute approximate surface area is 163 Å². The molecule has 146 valence electrons. The van der Waals surface area contributed by atoms with Gasteiger partial charge in [0.2, 0.25) is 0 Å². The van der Waals surface area contributed by atoms with Gasteiger partial charge in [0.05, 0.1) is 5.69 Å². The molecule has 0 bridgehead atoms. The number of amides is 1. The number of hydrogen-bond acceptors (Lipinski definition) is 6. The number of rotatable bonds is 6. The third-order valence-corrected chi connectivity index (χ3v) is 5.01. The van der Waals surface area contributed by atoms with E-state index in [1.54, 1.807) is 4.68 Å². The second kappa shape index (κ2) is 7.93. The number of aromatic nitrogens is 4. The molecule has 1 N–H and O–H groups in total. The summed E-state index contributed by atoms with van der Waals surface area (Å²) in [7, 11) is 0. The number of benzene rings is 1. The van der Waals surface area contributed by atoms with Gasteiger partial charge in [-0.2, -0.15) is 4.68 Å². The Morgan fingerprint density at radius 2 is 2.07 bits per heavy atom. The smallest absolute Gasteiger partial charge is 0.291 e. The van der Waals surface area contributed by atoms with Crippen molar-refractivity contribution in [1.29, 1.82) is 0 Å². The van der Waals surface area contributed by atoms with Crippen LogP contribution in [0.1, 0.15) is 47.5 Å². The zero-order valence-electron chi connectivity index (χ0n) is 16.2. The molecule has 8 heteroatoms. The number of tetrazole rings is 1. The molecular formula is C20H24N6O2. The highest BCUT2D eigenvalue weighted by Crippen LogP contribution is 2.22. The van der Waals surface area contributed by atoms with Crippen LogP contribution >= 0.6 is 0 Å². The molecular weight excluding hydrogens is 356 g/mol. The molecule has 1 aliphatic heterocycles. The molecule has 0 spiro atoms. The molecule has 1 fully saturated rings. The van der Waals surface area contributed by atoms with Crippen molar-refractivity contribution in [2.24, 2.45) is 0 Å². The molecule has 2 aromatic heterocycles. The third kappa shape index (κ3) is 3.82. The van der Waals surface area contributed by atoms with Gasteiger partial charge in [0, 0.05) is 24.2 Å². The maximum Gasteiger partial charge on any atom is 0.291 e. The molecule has 0 radical (unpaired) electrons. The molecule has 8 nitrogen and oxygen atoms in total. The molecule has 3 aromatic rings. The lowest BCUT2D eigenvalue weighted by Crippen LogP contribution is -2.18. The Kier molecular flexibility index (Phi) is 5.21. The zero-order valence-corrected chi connectivity index (χ0v) is 16.2.